The van der Waals surface area contributed by atoms with Crippen LogP contribution >= 0.6 is 0 Å². The third-order valence-electron chi connectivity index (χ3n) is 2.05. The van der Waals surface area contributed by atoms with Gasteiger partial charge in [-0.2, -0.15) is 0 Å². The summed E-state index contributed by atoms with van der Waals surface area (Å²) in [5.74, 6) is 0. The van der Waals surface area contributed by atoms with Crippen LogP contribution in [0.1, 0.15) is 46.0 Å². The first-order chi connectivity index (χ1) is 4.85. The molecule has 0 rings (SSSR count). The molecule has 0 amide bonds. The molecule has 1 nitrogen and oxygen atoms in total. The molecule has 0 bridgehead atoms. The van der Waals surface area contributed by atoms with Gasteiger partial charge < -0.3 is 4.80 Å². The first-order valence-corrected chi connectivity index (χ1v) is 5.90. The Bertz CT molecular complexity index is 62.3. The summed E-state index contributed by atoms with van der Waals surface area (Å²) in [6.45, 7) is 4.40. The van der Waals surface area contributed by atoms with Crippen molar-refractivity contribution >= 4 is 9.76 Å². The van der Waals surface area contributed by atoms with Crippen molar-refractivity contribution in [3.8, 4) is 0 Å². The Kier molecular flexibility index (Phi) is 7.41. The highest BCUT2D eigenvalue weighted by Gasteiger charge is 2.03. The van der Waals surface area contributed by atoms with Crippen LogP contribution in [0.5, 0.6) is 0 Å². The van der Waals surface area contributed by atoms with Gasteiger partial charge in [-0.05, 0) is 5.54 Å². The molecule has 2 heteroatoms. The molecule has 0 aromatic carbocycles. The zero-order valence-electron chi connectivity index (χ0n) is 7.27. The van der Waals surface area contributed by atoms with Crippen LogP contribution in [0.3, 0.4) is 0 Å². The Morgan fingerprint density at radius 3 is 2.40 bits per heavy atom. The fourth-order valence-electron chi connectivity index (χ4n) is 1.11. The normalized spacial score (nSPS) is 14.7. The van der Waals surface area contributed by atoms with Crippen LogP contribution in [0.4, 0.5) is 0 Å². The summed E-state index contributed by atoms with van der Waals surface area (Å²) in [4.78, 5) is 8.96. The minimum Gasteiger partial charge on any atom is -0.438 e. The second-order valence-corrected chi connectivity index (χ2v) is 4.47. The molecule has 1 unspecified atom stereocenters. The number of hydrogen-bond donors (Lipinski definition) is 1. The van der Waals surface area contributed by atoms with Gasteiger partial charge >= 0.3 is 0 Å². The van der Waals surface area contributed by atoms with Crippen molar-refractivity contribution in [3.63, 3.8) is 0 Å². The highest BCUT2D eigenvalue weighted by molar-refractivity contribution is 6.27. The molecule has 0 aliphatic carbocycles. The molecule has 0 saturated carbocycles. The quantitative estimate of drug-likeness (QED) is 0.464. The summed E-state index contributed by atoms with van der Waals surface area (Å²) in [6.07, 6.45) is 6.41. The standard InChI is InChI=1S/C8H20OSi/c1-3-5-6-7-8(4-2)10-9/h8-9H,3-7,10H2,1-2H3. The van der Waals surface area contributed by atoms with E-state index in [0.29, 0.717) is 5.54 Å². The third-order valence-corrected chi connectivity index (χ3v) is 3.55. The molecule has 1 N–H and O–H groups in total. The molecule has 0 saturated heterocycles. The van der Waals surface area contributed by atoms with Crippen molar-refractivity contribution in [1.29, 1.82) is 0 Å². The molecule has 0 aromatic rings. The molecule has 0 aliphatic rings. The molecule has 1 atom stereocenters. The molecule has 0 heterocycles. The average Bonchev–Trinajstić information content (AvgIpc) is 1.99. The van der Waals surface area contributed by atoms with Crippen LogP contribution in [0.25, 0.3) is 0 Å². The van der Waals surface area contributed by atoms with E-state index in [4.69, 9.17) is 4.80 Å². The summed E-state index contributed by atoms with van der Waals surface area (Å²) >= 11 is 0. The molecule has 0 aromatic heterocycles. The fraction of sp³-hybridized carbons (Fsp3) is 1.00. The first-order valence-electron chi connectivity index (χ1n) is 4.46. The average molecular weight is 160 g/mol. The maximum Gasteiger partial charge on any atom is 0.159 e. The molecular weight excluding hydrogens is 140 g/mol. The zero-order chi connectivity index (χ0) is 7.82. The summed E-state index contributed by atoms with van der Waals surface area (Å²) in [6, 6.07) is 0. The monoisotopic (exact) mass is 160 g/mol. The van der Waals surface area contributed by atoms with Gasteiger partial charge in [-0.25, -0.2) is 0 Å². The minimum absolute atomic E-state index is 0.700. The third kappa shape index (κ3) is 5.00. The Morgan fingerprint density at radius 2 is 2.00 bits per heavy atom. The zero-order valence-corrected chi connectivity index (χ0v) is 8.68. The van der Waals surface area contributed by atoms with Gasteiger partial charge in [0.15, 0.2) is 9.76 Å². The van der Waals surface area contributed by atoms with Crippen molar-refractivity contribution in [1.82, 2.24) is 0 Å². The van der Waals surface area contributed by atoms with Crippen molar-refractivity contribution in [3.05, 3.63) is 0 Å². The van der Waals surface area contributed by atoms with Crippen LogP contribution < -0.4 is 0 Å². The lowest BCUT2D eigenvalue weighted by molar-refractivity contribution is 0.538. The molecule has 0 spiro atoms. The number of rotatable bonds is 6. The molecular formula is C8H20OSi. The van der Waals surface area contributed by atoms with Gasteiger partial charge in [-0.3, -0.25) is 0 Å². The first kappa shape index (κ1) is 10.2. The van der Waals surface area contributed by atoms with Gasteiger partial charge in [-0.1, -0.05) is 46.0 Å². The Labute approximate surface area is 66.8 Å². The van der Waals surface area contributed by atoms with Crippen LogP contribution in [0.15, 0.2) is 0 Å². The van der Waals surface area contributed by atoms with E-state index in [0.717, 1.165) is 0 Å². The summed E-state index contributed by atoms with van der Waals surface area (Å²) in [5.41, 5.74) is 0.701. The lowest BCUT2D eigenvalue weighted by atomic mass is 10.1. The number of hydrogen-bond acceptors (Lipinski definition) is 1. The van der Waals surface area contributed by atoms with E-state index in [-0.39, 0.29) is 0 Å². The van der Waals surface area contributed by atoms with E-state index < -0.39 is 9.76 Å². The fourth-order valence-corrected chi connectivity index (χ4v) is 1.84. The lowest BCUT2D eigenvalue weighted by Crippen LogP contribution is -2.01. The molecule has 0 fully saturated rings. The van der Waals surface area contributed by atoms with Crippen LogP contribution in [0, 0.1) is 0 Å². The van der Waals surface area contributed by atoms with Crippen molar-refractivity contribution in [2.75, 3.05) is 0 Å². The van der Waals surface area contributed by atoms with E-state index >= 15 is 0 Å². The van der Waals surface area contributed by atoms with Gasteiger partial charge in [0.25, 0.3) is 0 Å². The highest BCUT2D eigenvalue weighted by Crippen LogP contribution is 2.16. The molecule has 0 aliphatic heterocycles. The van der Waals surface area contributed by atoms with E-state index in [1.807, 2.05) is 0 Å². The number of unbranched alkanes of at least 4 members (excludes halogenated alkanes) is 2. The van der Waals surface area contributed by atoms with E-state index in [9.17, 15) is 0 Å². The molecule has 10 heavy (non-hydrogen) atoms. The summed E-state index contributed by atoms with van der Waals surface area (Å²) < 4.78 is 0. The van der Waals surface area contributed by atoms with Crippen LogP contribution in [0.2, 0.25) is 5.54 Å². The summed E-state index contributed by atoms with van der Waals surface area (Å²) in [7, 11) is -0.700. The largest absolute Gasteiger partial charge is 0.438 e. The smallest absolute Gasteiger partial charge is 0.159 e. The lowest BCUT2D eigenvalue weighted by Gasteiger charge is -2.08. The molecule has 62 valence electrons. The second-order valence-electron chi connectivity index (χ2n) is 2.95. The van der Waals surface area contributed by atoms with Gasteiger partial charge in [0.2, 0.25) is 0 Å². The van der Waals surface area contributed by atoms with Crippen molar-refractivity contribution in [2.45, 2.75) is 51.5 Å². The van der Waals surface area contributed by atoms with Crippen LogP contribution in [-0.4, -0.2) is 14.6 Å². The maximum atomic E-state index is 8.96. The van der Waals surface area contributed by atoms with Gasteiger partial charge in [-0.15, -0.1) is 0 Å². The Morgan fingerprint density at radius 1 is 1.30 bits per heavy atom. The van der Waals surface area contributed by atoms with Gasteiger partial charge in [0.05, 0.1) is 0 Å². The molecule has 0 radical (unpaired) electrons. The summed E-state index contributed by atoms with van der Waals surface area (Å²) in [5, 5.41) is 0. The predicted molar refractivity (Wildman–Crippen MR) is 48.9 cm³/mol. The van der Waals surface area contributed by atoms with Gasteiger partial charge in [0.1, 0.15) is 0 Å². The Hall–Kier alpha value is 0.177. The topological polar surface area (TPSA) is 20.2 Å². The SMILES string of the molecule is CCCCCC(CC)[SiH2]O. The van der Waals surface area contributed by atoms with Gasteiger partial charge in [0, 0.05) is 0 Å². The highest BCUT2D eigenvalue weighted by atomic mass is 28.2. The van der Waals surface area contributed by atoms with Crippen LogP contribution in [-0.2, 0) is 0 Å². The predicted octanol–water partition coefficient (Wildman–Crippen LogP) is 1.84. The van der Waals surface area contributed by atoms with E-state index in [2.05, 4.69) is 13.8 Å². The minimum atomic E-state index is -0.700. The van der Waals surface area contributed by atoms with Crippen molar-refractivity contribution < 1.29 is 4.80 Å². The maximum absolute atomic E-state index is 8.96. The van der Waals surface area contributed by atoms with E-state index in [1.54, 1.807) is 0 Å². The van der Waals surface area contributed by atoms with Crippen molar-refractivity contribution in [2.24, 2.45) is 0 Å². The Balaban J connectivity index is 3.09. The second kappa shape index (κ2) is 7.29. The van der Waals surface area contributed by atoms with E-state index in [1.165, 1.54) is 32.1 Å².